The highest BCUT2D eigenvalue weighted by Gasteiger charge is 2.29. The molecule has 1 fully saturated rings. The Kier molecular flexibility index (Phi) is 6.07. The molecule has 5 N–H and O–H groups in total. The van der Waals surface area contributed by atoms with Crippen molar-refractivity contribution in [2.45, 2.75) is 51.1 Å². The van der Waals surface area contributed by atoms with E-state index in [-0.39, 0.29) is 11.9 Å². The van der Waals surface area contributed by atoms with Crippen LogP contribution in [0.4, 0.5) is 4.79 Å². The van der Waals surface area contributed by atoms with Crippen molar-refractivity contribution in [2.75, 3.05) is 13.1 Å². The Hall–Kier alpha value is -1.14. The van der Waals surface area contributed by atoms with Crippen molar-refractivity contribution in [2.24, 2.45) is 11.5 Å². The van der Waals surface area contributed by atoms with Crippen LogP contribution in [-0.2, 0) is 4.79 Å². The van der Waals surface area contributed by atoms with Crippen LogP contribution in [0.15, 0.2) is 0 Å². The number of nitrogens with two attached hydrogens (primary N) is 2. The van der Waals surface area contributed by atoms with E-state index in [2.05, 4.69) is 10.2 Å². The third-order valence-electron chi connectivity index (χ3n) is 3.54. The second kappa shape index (κ2) is 7.33. The van der Waals surface area contributed by atoms with Crippen molar-refractivity contribution in [3.8, 4) is 0 Å². The lowest BCUT2D eigenvalue weighted by atomic mass is 10.1. The van der Waals surface area contributed by atoms with Gasteiger partial charge in [0.25, 0.3) is 0 Å². The number of carbonyl (C=O) groups is 2. The summed E-state index contributed by atoms with van der Waals surface area (Å²) in [6.07, 6.45) is 5.48. The molecule has 0 heterocycles. The van der Waals surface area contributed by atoms with Crippen LogP contribution in [0, 0.1) is 0 Å². The number of hydrogen-bond donors (Lipinski definition) is 3. The van der Waals surface area contributed by atoms with Gasteiger partial charge in [0.05, 0.1) is 6.04 Å². The van der Waals surface area contributed by atoms with Gasteiger partial charge in [0.2, 0.25) is 5.91 Å². The van der Waals surface area contributed by atoms with E-state index in [1.807, 2.05) is 6.92 Å². The molecule has 3 amide bonds. The summed E-state index contributed by atoms with van der Waals surface area (Å²) >= 11 is 0. The maximum atomic E-state index is 11.8. The van der Waals surface area contributed by atoms with Crippen LogP contribution in [0.1, 0.15) is 39.0 Å². The number of nitrogens with zero attached hydrogens (tertiary/aromatic N) is 1. The van der Waals surface area contributed by atoms with E-state index in [0.29, 0.717) is 12.6 Å². The Morgan fingerprint density at radius 1 is 1.39 bits per heavy atom. The minimum absolute atomic E-state index is 0.327. The molecule has 0 spiro atoms. The second-order valence-electron chi connectivity index (χ2n) is 4.85. The van der Waals surface area contributed by atoms with E-state index >= 15 is 0 Å². The van der Waals surface area contributed by atoms with Crippen LogP contribution in [0.5, 0.6) is 0 Å². The average molecular weight is 256 g/mol. The maximum Gasteiger partial charge on any atom is 0.318 e. The molecule has 0 saturated heterocycles. The molecule has 0 aromatic rings. The molecule has 0 aliphatic heterocycles. The second-order valence-corrected chi connectivity index (χ2v) is 4.85. The first-order valence-corrected chi connectivity index (χ1v) is 6.62. The van der Waals surface area contributed by atoms with Gasteiger partial charge in [-0.1, -0.05) is 12.8 Å². The van der Waals surface area contributed by atoms with E-state index in [1.165, 1.54) is 12.8 Å². The SMILES string of the molecule is CC(C(=O)NC(N)=O)N(CCCN)C1CCCC1. The number of rotatable bonds is 6. The van der Waals surface area contributed by atoms with Crippen LogP contribution in [0.25, 0.3) is 0 Å². The maximum absolute atomic E-state index is 11.8. The zero-order valence-electron chi connectivity index (χ0n) is 11.0. The quantitative estimate of drug-likeness (QED) is 0.630. The molecule has 1 aliphatic carbocycles. The molecule has 0 aromatic heterocycles. The van der Waals surface area contributed by atoms with Gasteiger partial charge >= 0.3 is 6.03 Å². The normalized spacial score (nSPS) is 17.9. The Balaban J connectivity index is 2.61. The van der Waals surface area contributed by atoms with Gasteiger partial charge in [-0.05, 0) is 32.7 Å². The smallest absolute Gasteiger partial charge is 0.318 e. The molecule has 6 heteroatoms. The molecule has 0 radical (unpaired) electrons. The Bertz CT molecular complexity index is 290. The predicted octanol–water partition coefficient (Wildman–Crippen LogP) is 0.163. The molecule has 1 atom stereocenters. The summed E-state index contributed by atoms with van der Waals surface area (Å²) in [5.41, 5.74) is 10.5. The minimum atomic E-state index is -0.794. The third-order valence-corrected chi connectivity index (χ3v) is 3.54. The standard InChI is InChI=1S/C12H24N4O2/c1-9(11(17)15-12(14)18)16(8-4-7-13)10-5-2-3-6-10/h9-10H,2-8,13H2,1H3,(H3,14,15,17,18). The molecule has 0 bridgehead atoms. The Morgan fingerprint density at radius 2 is 2.00 bits per heavy atom. The molecule has 6 nitrogen and oxygen atoms in total. The van der Waals surface area contributed by atoms with Crippen molar-refractivity contribution in [3.63, 3.8) is 0 Å². The Labute approximate surface area is 108 Å². The lowest BCUT2D eigenvalue weighted by molar-refractivity contribution is -0.125. The summed E-state index contributed by atoms with van der Waals surface area (Å²) in [6, 6.07) is -0.714. The number of urea groups is 1. The number of amides is 3. The summed E-state index contributed by atoms with van der Waals surface area (Å²) < 4.78 is 0. The van der Waals surface area contributed by atoms with Crippen LogP contribution in [-0.4, -0.2) is 42.0 Å². The summed E-state index contributed by atoms with van der Waals surface area (Å²) in [5.74, 6) is -0.327. The van der Waals surface area contributed by atoms with Crippen molar-refractivity contribution < 1.29 is 9.59 Å². The molecule has 104 valence electrons. The molecular formula is C12H24N4O2. The predicted molar refractivity (Wildman–Crippen MR) is 69.8 cm³/mol. The van der Waals surface area contributed by atoms with Crippen molar-refractivity contribution in [1.29, 1.82) is 0 Å². The molecule has 1 unspecified atom stereocenters. The van der Waals surface area contributed by atoms with Crippen LogP contribution in [0.3, 0.4) is 0 Å². The van der Waals surface area contributed by atoms with Gasteiger partial charge in [0.1, 0.15) is 0 Å². The van der Waals surface area contributed by atoms with E-state index < -0.39 is 6.03 Å². The molecule has 0 aromatic carbocycles. The average Bonchev–Trinajstić information content (AvgIpc) is 2.82. The first-order valence-electron chi connectivity index (χ1n) is 6.62. The largest absolute Gasteiger partial charge is 0.351 e. The molecule has 1 rings (SSSR count). The van der Waals surface area contributed by atoms with Crippen molar-refractivity contribution in [3.05, 3.63) is 0 Å². The summed E-state index contributed by atoms with van der Waals surface area (Å²) in [4.78, 5) is 24.7. The monoisotopic (exact) mass is 256 g/mol. The summed E-state index contributed by atoms with van der Waals surface area (Å²) in [5, 5.41) is 2.15. The van der Waals surface area contributed by atoms with E-state index in [0.717, 1.165) is 25.8 Å². The van der Waals surface area contributed by atoms with Gasteiger partial charge in [0.15, 0.2) is 0 Å². The van der Waals surface area contributed by atoms with Gasteiger partial charge in [-0.2, -0.15) is 0 Å². The molecule has 18 heavy (non-hydrogen) atoms. The number of carbonyl (C=O) groups excluding carboxylic acids is 2. The number of imide groups is 1. The van der Waals surface area contributed by atoms with Gasteiger partial charge in [-0.25, -0.2) is 4.79 Å². The highest BCUT2D eigenvalue weighted by molar-refractivity contribution is 5.96. The minimum Gasteiger partial charge on any atom is -0.351 e. The van der Waals surface area contributed by atoms with Crippen LogP contribution < -0.4 is 16.8 Å². The Morgan fingerprint density at radius 3 is 2.50 bits per heavy atom. The zero-order chi connectivity index (χ0) is 13.5. The first-order chi connectivity index (χ1) is 8.56. The fraction of sp³-hybridized carbons (Fsp3) is 0.833. The van der Waals surface area contributed by atoms with Crippen LogP contribution >= 0.6 is 0 Å². The number of hydrogen-bond acceptors (Lipinski definition) is 4. The summed E-state index contributed by atoms with van der Waals surface area (Å²) in [6.45, 7) is 3.20. The number of primary amides is 1. The van der Waals surface area contributed by atoms with Gasteiger partial charge in [-0.3, -0.25) is 15.0 Å². The zero-order valence-corrected chi connectivity index (χ0v) is 11.0. The van der Waals surface area contributed by atoms with Crippen molar-refractivity contribution >= 4 is 11.9 Å². The van der Waals surface area contributed by atoms with E-state index in [4.69, 9.17) is 11.5 Å². The van der Waals surface area contributed by atoms with E-state index in [9.17, 15) is 9.59 Å². The third kappa shape index (κ3) is 4.27. The fourth-order valence-corrected chi connectivity index (χ4v) is 2.58. The highest BCUT2D eigenvalue weighted by atomic mass is 16.2. The van der Waals surface area contributed by atoms with E-state index in [1.54, 1.807) is 0 Å². The highest BCUT2D eigenvalue weighted by Crippen LogP contribution is 2.25. The summed E-state index contributed by atoms with van der Waals surface area (Å²) in [7, 11) is 0. The van der Waals surface area contributed by atoms with Crippen LogP contribution in [0.2, 0.25) is 0 Å². The van der Waals surface area contributed by atoms with Crippen molar-refractivity contribution in [1.82, 2.24) is 10.2 Å². The van der Waals surface area contributed by atoms with Gasteiger partial charge in [0, 0.05) is 12.6 Å². The first kappa shape index (κ1) is 14.9. The lowest BCUT2D eigenvalue weighted by Crippen LogP contribution is -2.51. The number of nitrogens with one attached hydrogen (secondary N) is 1. The fourth-order valence-electron chi connectivity index (χ4n) is 2.58. The molecular weight excluding hydrogens is 232 g/mol. The topological polar surface area (TPSA) is 101 Å². The van der Waals surface area contributed by atoms with Gasteiger partial charge in [-0.15, -0.1) is 0 Å². The molecule has 1 aliphatic rings. The van der Waals surface area contributed by atoms with Gasteiger partial charge < -0.3 is 11.5 Å². The molecule has 1 saturated carbocycles. The lowest BCUT2D eigenvalue weighted by Gasteiger charge is -2.33.